The van der Waals surface area contributed by atoms with Crippen molar-refractivity contribution in [2.24, 2.45) is 5.73 Å². The summed E-state index contributed by atoms with van der Waals surface area (Å²) >= 11 is 0. The van der Waals surface area contributed by atoms with Gasteiger partial charge in [-0.2, -0.15) is 0 Å². The van der Waals surface area contributed by atoms with E-state index in [0.29, 0.717) is 6.54 Å². The number of fused-ring (bicyclic) bond motifs is 1. The molecule has 26 heavy (non-hydrogen) atoms. The first-order valence-corrected chi connectivity index (χ1v) is 8.58. The zero-order valence-corrected chi connectivity index (χ0v) is 16.6. The van der Waals surface area contributed by atoms with Crippen LogP contribution in [0.4, 0.5) is 5.69 Å². The van der Waals surface area contributed by atoms with Crippen molar-refractivity contribution >= 4 is 36.4 Å². The van der Waals surface area contributed by atoms with E-state index >= 15 is 0 Å². The van der Waals surface area contributed by atoms with Crippen LogP contribution in [0, 0.1) is 6.92 Å². The minimum atomic E-state index is -0.599. The summed E-state index contributed by atoms with van der Waals surface area (Å²) in [7, 11) is 0. The van der Waals surface area contributed by atoms with Gasteiger partial charge in [-0.25, -0.2) is 0 Å². The highest BCUT2D eigenvalue weighted by Gasteiger charge is 2.18. The molecule has 0 spiro atoms. The lowest BCUT2D eigenvalue weighted by Crippen LogP contribution is -2.36. The van der Waals surface area contributed by atoms with Crippen LogP contribution in [-0.2, 0) is 11.2 Å². The number of amides is 1. The molecule has 1 unspecified atom stereocenters. The van der Waals surface area contributed by atoms with Crippen LogP contribution in [0.15, 0.2) is 48.5 Å². The highest BCUT2D eigenvalue weighted by molar-refractivity contribution is 5.85. The van der Waals surface area contributed by atoms with Gasteiger partial charge in [0.05, 0.1) is 0 Å². The van der Waals surface area contributed by atoms with Gasteiger partial charge in [0.25, 0.3) is 0 Å². The molecule has 3 rings (SSSR count). The summed E-state index contributed by atoms with van der Waals surface area (Å²) < 4.78 is 0. The monoisotopic (exact) mass is 395 g/mol. The van der Waals surface area contributed by atoms with Crippen LogP contribution < -0.4 is 16.0 Å². The molecule has 1 heterocycles. The van der Waals surface area contributed by atoms with Crippen molar-refractivity contribution in [3.8, 4) is 0 Å². The van der Waals surface area contributed by atoms with E-state index in [2.05, 4.69) is 34.5 Å². The van der Waals surface area contributed by atoms with Crippen molar-refractivity contribution in [2.45, 2.75) is 25.8 Å². The van der Waals surface area contributed by atoms with Gasteiger partial charge in [0.15, 0.2) is 0 Å². The number of rotatable bonds is 6. The highest BCUT2D eigenvalue weighted by atomic mass is 35.5. The van der Waals surface area contributed by atoms with Gasteiger partial charge in [0.1, 0.15) is 6.04 Å². The van der Waals surface area contributed by atoms with E-state index in [-0.39, 0.29) is 30.7 Å². The lowest BCUT2D eigenvalue weighted by atomic mass is 10.1. The normalized spacial score (nSPS) is 13.2. The summed E-state index contributed by atoms with van der Waals surface area (Å²) in [5, 5.41) is 2.95. The fourth-order valence-electron chi connectivity index (χ4n) is 3.16. The Labute approximate surface area is 168 Å². The summed E-state index contributed by atoms with van der Waals surface area (Å²) in [6.45, 7) is 4.69. The highest BCUT2D eigenvalue weighted by Crippen LogP contribution is 2.27. The molecule has 1 aliphatic heterocycles. The van der Waals surface area contributed by atoms with Gasteiger partial charge in [0.2, 0.25) is 5.91 Å². The number of para-hydroxylation sites is 1. The van der Waals surface area contributed by atoms with E-state index in [9.17, 15) is 4.79 Å². The number of anilines is 1. The Morgan fingerprint density at radius 1 is 1.15 bits per heavy atom. The van der Waals surface area contributed by atoms with Crippen molar-refractivity contribution in [1.29, 1.82) is 0 Å². The molecule has 2 aromatic carbocycles. The molecule has 0 radical (unpaired) electrons. The van der Waals surface area contributed by atoms with Crippen LogP contribution in [-0.4, -0.2) is 25.5 Å². The average Bonchev–Trinajstić information content (AvgIpc) is 3.02. The van der Waals surface area contributed by atoms with E-state index < -0.39 is 6.04 Å². The number of aryl methyl sites for hydroxylation is 1. The number of benzene rings is 2. The second-order valence-electron chi connectivity index (χ2n) is 6.40. The zero-order valence-electron chi connectivity index (χ0n) is 15.0. The fourth-order valence-corrected chi connectivity index (χ4v) is 3.16. The van der Waals surface area contributed by atoms with Gasteiger partial charge in [-0.05, 0) is 37.0 Å². The number of nitrogens with two attached hydrogens (primary N) is 1. The van der Waals surface area contributed by atoms with Crippen molar-refractivity contribution in [3.63, 3.8) is 0 Å². The molecule has 0 aliphatic carbocycles. The molecule has 0 aromatic heterocycles. The molecule has 6 heteroatoms. The molecule has 0 bridgehead atoms. The number of hydrogen-bond donors (Lipinski definition) is 2. The van der Waals surface area contributed by atoms with Crippen LogP contribution in [0.3, 0.4) is 0 Å². The van der Waals surface area contributed by atoms with Crippen molar-refractivity contribution in [1.82, 2.24) is 5.32 Å². The molecule has 1 aliphatic rings. The maximum atomic E-state index is 12.2. The Morgan fingerprint density at radius 3 is 2.58 bits per heavy atom. The molecule has 0 fully saturated rings. The first-order valence-electron chi connectivity index (χ1n) is 8.58. The van der Waals surface area contributed by atoms with Crippen LogP contribution in [0.2, 0.25) is 0 Å². The predicted octanol–water partition coefficient (Wildman–Crippen LogP) is 3.41. The minimum absolute atomic E-state index is 0. The second-order valence-corrected chi connectivity index (χ2v) is 6.40. The molecule has 4 nitrogen and oxygen atoms in total. The summed E-state index contributed by atoms with van der Waals surface area (Å²) in [6.07, 6.45) is 2.03. The lowest BCUT2D eigenvalue weighted by molar-refractivity contribution is -0.122. The lowest BCUT2D eigenvalue weighted by Gasteiger charge is -2.19. The Bertz CT molecular complexity index is 706. The van der Waals surface area contributed by atoms with E-state index in [4.69, 9.17) is 5.73 Å². The van der Waals surface area contributed by atoms with E-state index in [0.717, 1.165) is 37.1 Å². The molecule has 2 aromatic rings. The van der Waals surface area contributed by atoms with E-state index in [1.165, 1.54) is 11.3 Å². The van der Waals surface area contributed by atoms with Crippen LogP contribution in [0.25, 0.3) is 0 Å². The van der Waals surface area contributed by atoms with E-state index in [1.54, 1.807) is 0 Å². The van der Waals surface area contributed by atoms with Crippen LogP contribution in [0.5, 0.6) is 0 Å². The quantitative estimate of drug-likeness (QED) is 0.736. The summed E-state index contributed by atoms with van der Waals surface area (Å²) in [5.41, 5.74) is 10.8. The molecular formula is C20H27Cl2N3O. The predicted molar refractivity (Wildman–Crippen MR) is 113 cm³/mol. The first-order chi connectivity index (χ1) is 11.6. The number of hydrogen-bond acceptors (Lipinski definition) is 3. The van der Waals surface area contributed by atoms with Gasteiger partial charge in [-0.3, -0.25) is 4.79 Å². The molecule has 0 saturated carbocycles. The van der Waals surface area contributed by atoms with E-state index in [1.807, 2.05) is 31.2 Å². The second kappa shape index (κ2) is 10.4. The van der Waals surface area contributed by atoms with Gasteiger partial charge in [0, 0.05) is 25.3 Å². The van der Waals surface area contributed by atoms with Crippen molar-refractivity contribution < 1.29 is 4.79 Å². The third-order valence-corrected chi connectivity index (χ3v) is 4.61. The summed E-state index contributed by atoms with van der Waals surface area (Å²) in [4.78, 5) is 14.6. The zero-order chi connectivity index (χ0) is 16.9. The maximum Gasteiger partial charge on any atom is 0.241 e. The third-order valence-electron chi connectivity index (χ3n) is 4.61. The van der Waals surface area contributed by atoms with Crippen molar-refractivity contribution in [2.75, 3.05) is 24.5 Å². The summed E-state index contributed by atoms with van der Waals surface area (Å²) in [5.74, 6) is -0.110. The number of halogens is 2. The Morgan fingerprint density at radius 2 is 1.85 bits per heavy atom. The Balaban J connectivity index is 0.00000169. The van der Waals surface area contributed by atoms with Crippen molar-refractivity contribution in [3.05, 3.63) is 65.2 Å². The minimum Gasteiger partial charge on any atom is -0.371 e. The van der Waals surface area contributed by atoms with Gasteiger partial charge in [-0.15, -0.1) is 24.8 Å². The molecule has 1 amide bonds. The number of carbonyl (C=O) groups is 1. The van der Waals surface area contributed by atoms with Gasteiger partial charge in [-0.1, -0.05) is 48.0 Å². The van der Waals surface area contributed by atoms with Gasteiger partial charge >= 0.3 is 0 Å². The standard InChI is InChI=1S/C20H25N3O.2ClH/c1-15-7-9-17(10-8-15)19(21)20(24)22-12-4-13-23-14-11-16-5-2-3-6-18(16)23;;/h2-3,5-10,19H,4,11-14,21H2,1H3,(H,22,24);2*1H. The Kier molecular flexibility index (Phi) is 8.93. The first kappa shape index (κ1) is 22.3. The average molecular weight is 396 g/mol. The summed E-state index contributed by atoms with van der Waals surface area (Å²) in [6, 6.07) is 15.7. The fraction of sp³-hybridized carbons (Fsp3) is 0.350. The number of nitrogens with one attached hydrogen (secondary N) is 1. The van der Waals surface area contributed by atoms with Crippen LogP contribution >= 0.6 is 24.8 Å². The molecule has 1 atom stereocenters. The molecule has 0 saturated heterocycles. The largest absolute Gasteiger partial charge is 0.371 e. The maximum absolute atomic E-state index is 12.2. The topological polar surface area (TPSA) is 58.4 Å². The smallest absolute Gasteiger partial charge is 0.241 e. The van der Waals surface area contributed by atoms with Gasteiger partial charge < -0.3 is 16.0 Å². The number of carbonyl (C=O) groups excluding carboxylic acids is 1. The Hall–Kier alpha value is -1.75. The third kappa shape index (κ3) is 5.37. The molecule has 3 N–H and O–H groups in total. The van der Waals surface area contributed by atoms with Crippen LogP contribution in [0.1, 0.15) is 29.2 Å². The number of nitrogens with zero attached hydrogens (tertiary/aromatic N) is 1. The molecule has 142 valence electrons. The molecular weight excluding hydrogens is 369 g/mol. The SMILES string of the molecule is Cc1ccc(C(N)C(=O)NCCCN2CCc3ccccc32)cc1.Cl.Cl.